The Morgan fingerprint density at radius 3 is 2.40 bits per heavy atom. The molecule has 0 aliphatic rings. The molecule has 0 saturated heterocycles. The van der Waals surface area contributed by atoms with Gasteiger partial charge in [0.25, 0.3) is 0 Å². The van der Waals surface area contributed by atoms with Crippen molar-refractivity contribution < 1.29 is 8.78 Å². The maximum atomic E-state index is 13.3. The van der Waals surface area contributed by atoms with Gasteiger partial charge >= 0.3 is 0 Å². The van der Waals surface area contributed by atoms with E-state index in [1.165, 1.54) is 23.3 Å². The first-order valence-corrected chi connectivity index (χ1v) is 6.68. The lowest BCUT2D eigenvalue weighted by molar-refractivity contribution is 0.252. The van der Waals surface area contributed by atoms with Gasteiger partial charge in [0.05, 0.1) is 0 Å². The van der Waals surface area contributed by atoms with Crippen molar-refractivity contribution in [3.8, 4) is 0 Å². The Balaban J connectivity index is 2.14. The maximum absolute atomic E-state index is 13.3. The van der Waals surface area contributed by atoms with Gasteiger partial charge < -0.3 is 0 Å². The van der Waals surface area contributed by atoms with E-state index in [0.29, 0.717) is 0 Å². The molecule has 0 heterocycles. The predicted molar refractivity (Wildman–Crippen MR) is 77.4 cm³/mol. The number of aryl methyl sites for hydroxylation is 1. The van der Waals surface area contributed by atoms with E-state index in [4.69, 9.17) is 0 Å². The van der Waals surface area contributed by atoms with Crippen molar-refractivity contribution in [2.75, 3.05) is 7.05 Å². The number of benzene rings is 2. The first-order chi connectivity index (χ1) is 9.49. The highest BCUT2D eigenvalue weighted by atomic mass is 19.2. The summed E-state index contributed by atoms with van der Waals surface area (Å²) < 4.78 is 26.3. The van der Waals surface area contributed by atoms with Crippen molar-refractivity contribution in [1.82, 2.24) is 4.90 Å². The molecule has 2 rings (SSSR count). The third kappa shape index (κ3) is 3.23. The van der Waals surface area contributed by atoms with Crippen LogP contribution < -0.4 is 0 Å². The second-order valence-corrected chi connectivity index (χ2v) is 5.19. The van der Waals surface area contributed by atoms with Crippen LogP contribution in [0.1, 0.15) is 29.7 Å². The highest BCUT2D eigenvalue weighted by Gasteiger charge is 2.14. The van der Waals surface area contributed by atoms with Gasteiger partial charge in [-0.1, -0.05) is 30.3 Å². The molecule has 0 radical (unpaired) electrons. The van der Waals surface area contributed by atoms with Crippen molar-refractivity contribution in [2.45, 2.75) is 26.4 Å². The van der Waals surface area contributed by atoms with E-state index in [0.717, 1.165) is 12.1 Å². The summed E-state index contributed by atoms with van der Waals surface area (Å²) in [5.41, 5.74) is 3.25. The standard InChI is InChI=1S/C17H19F2N/c1-12-6-4-5-7-15(12)11-20(3)13(2)14-8-9-16(18)17(19)10-14/h4-10,13H,11H2,1-3H3. The average Bonchev–Trinajstić information content (AvgIpc) is 2.43. The highest BCUT2D eigenvalue weighted by Crippen LogP contribution is 2.23. The zero-order chi connectivity index (χ0) is 14.7. The van der Waals surface area contributed by atoms with Crippen molar-refractivity contribution in [2.24, 2.45) is 0 Å². The molecule has 3 heteroatoms. The van der Waals surface area contributed by atoms with Gasteiger partial charge in [-0.3, -0.25) is 4.90 Å². The van der Waals surface area contributed by atoms with Crippen LogP contribution in [-0.2, 0) is 6.54 Å². The molecule has 0 aromatic heterocycles. The fraction of sp³-hybridized carbons (Fsp3) is 0.294. The van der Waals surface area contributed by atoms with E-state index in [1.54, 1.807) is 6.07 Å². The molecular weight excluding hydrogens is 256 g/mol. The fourth-order valence-electron chi connectivity index (χ4n) is 2.22. The fourth-order valence-corrected chi connectivity index (χ4v) is 2.22. The van der Waals surface area contributed by atoms with Crippen LogP contribution in [0.2, 0.25) is 0 Å². The third-order valence-corrected chi connectivity index (χ3v) is 3.77. The van der Waals surface area contributed by atoms with Gasteiger partial charge in [0.15, 0.2) is 11.6 Å². The lowest BCUT2D eigenvalue weighted by Gasteiger charge is -2.26. The van der Waals surface area contributed by atoms with Crippen molar-refractivity contribution in [3.63, 3.8) is 0 Å². The lowest BCUT2D eigenvalue weighted by atomic mass is 10.0. The molecule has 1 unspecified atom stereocenters. The van der Waals surface area contributed by atoms with Gasteiger partial charge in [-0.25, -0.2) is 8.78 Å². The summed E-state index contributed by atoms with van der Waals surface area (Å²) in [6, 6.07) is 12.3. The van der Waals surface area contributed by atoms with Gasteiger partial charge in [0.2, 0.25) is 0 Å². The first-order valence-electron chi connectivity index (χ1n) is 6.68. The Kier molecular flexibility index (Phi) is 4.50. The average molecular weight is 275 g/mol. The molecule has 0 spiro atoms. The van der Waals surface area contributed by atoms with E-state index in [2.05, 4.69) is 24.0 Å². The molecule has 0 saturated carbocycles. The van der Waals surface area contributed by atoms with Gasteiger partial charge in [-0.2, -0.15) is 0 Å². The second kappa shape index (κ2) is 6.14. The summed E-state index contributed by atoms with van der Waals surface area (Å²) in [5, 5.41) is 0. The Bertz CT molecular complexity index is 595. The minimum atomic E-state index is -0.803. The number of nitrogens with zero attached hydrogens (tertiary/aromatic N) is 1. The Hall–Kier alpha value is -1.74. The molecule has 0 bridgehead atoms. The van der Waals surface area contributed by atoms with Crippen LogP contribution in [0.4, 0.5) is 8.78 Å². The molecule has 0 fully saturated rings. The number of rotatable bonds is 4. The zero-order valence-corrected chi connectivity index (χ0v) is 12.0. The molecule has 106 valence electrons. The predicted octanol–water partition coefficient (Wildman–Crippen LogP) is 4.47. The molecule has 0 amide bonds. The van der Waals surface area contributed by atoms with Crippen LogP contribution in [-0.4, -0.2) is 11.9 Å². The molecule has 0 aliphatic carbocycles. The van der Waals surface area contributed by atoms with E-state index in [-0.39, 0.29) is 6.04 Å². The first kappa shape index (κ1) is 14.7. The summed E-state index contributed by atoms with van der Waals surface area (Å²) in [6.45, 7) is 4.84. The zero-order valence-electron chi connectivity index (χ0n) is 12.0. The monoisotopic (exact) mass is 275 g/mol. The molecule has 0 aliphatic heterocycles. The van der Waals surface area contributed by atoms with E-state index < -0.39 is 11.6 Å². The van der Waals surface area contributed by atoms with Crippen LogP contribution in [0.25, 0.3) is 0 Å². The summed E-state index contributed by atoms with van der Waals surface area (Å²) >= 11 is 0. The number of halogens is 2. The molecule has 2 aromatic rings. The minimum absolute atomic E-state index is 0.0182. The third-order valence-electron chi connectivity index (χ3n) is 3.77. The van der Waals surface area contributed by atoms with E-state index >= 15 is 0 Å². The number of hydrogen-bond acceptors (Lipinski definition) is 1. The Labute approximate surface area is 118 Å². The second-order valence-electron chi connectivity index (χ2n) is 5.19. The van der Waals surface area contributed by atoms with Crippen molar-refractivity contribution in [3.05, 3.63) is 70.8 Å². The molecular formula is C17H19F2N. The van der Waals surface area contributed by atoms with Crippen LogP contribution in [0.15, 0.2) is 42.5 Å². The largest absolute Gasteiger partial charge is 0.295 e. The van der Waals surface area contributed by atoms with E-state index in [9.17, 15) is 8.78 Å². The molecule has 1 nitrogen and oxygen atoms in total. The van der Waals surface area contributed by atoms with Gasteiger partial charge in [0.1, 0.15) is 0 Å². The Morgan fingerprint density at radius 1 is 1.05 bits per heavy atom. The molecule has 0 N–H and O–H groups in total. The van der Waals surface area contributed by atoms with Crippen molar-refractivity contribution >= 4 is 0 Å². The summed E-state index contributed by atoms with van der Waals surface area (Å²) in [5.74, 6) is -1.60. The van der Waals surface area contributed by atoms with Crippen LogP contribution in [0, 0.1) is 18.6 Å². The highest BCUT2D eigenvalue weighted by molar-refractivity contribution is 5.26. The van der Waals surface area contributed by atoms with Crippen molar-refractivity contribution in [1.29, 1.82) is 0 Å². The van der Waals surface area contributed by atoms with Crippen LogP contribution in [0.3, 0.4) is 0 Å². The smallest absolute Gasteiger partial charge is 0.159 e. The quantitative estimate of drug-likeness (QED) is 0.796. The van der Waals surface area contributed by atoms with Gasteiger partial charge in [-0.05, 0) is 49.7 Å². The Morgan fingerprint density at radius 2 is 1.75 bits per heavy atom. The van der Waals surface area contributed by atoms with Gasteiger partial charge in [0, 0.05) is 12.6 Å². The van der Waals surface area contributed by atoms with Gasteiger partial charge in [-0.15, -0.1) is 0 Å². The van der Waals surface area contributed by atoms with E-state index in [1.807, 2.05) is 26.1 Å². The topological polar surface area (TPSA) is 3.24 Å². The molecule has 1 atom stereocenters. The summed E-state index contributed by atoms with van der Waals surface area (Å²) in [6.07, 6.45) is 0. The van der Waals surface area contributed by atoms with Crippen LogP contribution in [0.5, 0.6) is 0 Å². The molecule has 2 aromatic carbocycles. The van der Waals surface area contributed by atoms with Crippen LogP contribution >= 0.6 is 0 Å². The lowest BCUT2D eigenvalue weighted by Crippen LogP contribution is -2.22. The number of hydrogen-bond donors (Lipinski definition) is 0. The summed E-state index contributed by atoms with van der Waals surface area (Å²) in [7, 11) is 1.98. The summed E-state index contributed by atoms with van der Waals surface area (Å²) in [4.78, 5) is 2.12. The maximum Gasteiger partial charge on any atom is 0.159 e. The SMILES string of the molecule is Cc1ccccc1CN(C)C(C)c1ccc(F)c(F)c1. The minimum Gasteiger partial charge on any atom is -0.295 e. The normalized spacial score (nSPS) is 12.7. The molecule has 20 heavy (non-hydrogen) atoms.